The number of nitrogens with zero attached hydrogens (tertiary/aromatic N) is 1. The molecular weight excluding hydrogens is 432 g/mol. The minimum Gasteiger partial charge on any atom is -0.394 e. The molecule has 5 aromatic rings. The molecule has 0 radical (unpaired) electrons. The fourth-order valence-electron chi connectivity index (χ4n) is 4.80. The number of aliphatic hydroxyl groups excluding tert-OH is 2. The van der Waals surface area contributed by atoms with E-state index >= 15 is 0 Å². The van der Waals surface area contributed by atoms with E-state index < -0.39 is 29.7 Å². The maximum Gasteiger partial charge on any atom is 0.330 e. The second kappa shape index (κ2) is 7.82. The summed E-state index contributed by atoms with van der Waals surface area (Å²) >= 11 is 0. The van der Waals surface area contributed by atoms with Crippen molar-refractivity contribution in [3.63, 3.8) is 0 Å². The van der Waals surface area contributed by atoms with Crippen LogP contribution in [0.5, 0.6) is 0 Å². The molecule has 0 saturated carbocycles. The Labute approximate surface area is 193 Å². The number of benzene rings is 4. The largest absolute Gasteiger partial charge is 0.394 e. The topological polar surface area (TPSA) is 105 Å². The number of aromatic nitrogens is 2. The van der Waals surface area contributed by atoms with Crippen LogP contribution in [-0.4, -0.2) is 38.6 Å². The van der Waals surface area contributed by atoms with E-state index in [0.717, 1.165) is 16.3 Å². The van der Waals surface area contributed by atoms with Crippen molar-refractivity contribution in [3.05, 3.63) is 92.8 Å². The highest BCUT2D eigenvalue weighted by Gasteiger charge is 2.35. The van der Waals surface area contributed by atoms with E-state index in [2.05, 4.69) is 59.3 Å². The lowest BCUT2D eigenvalue weighted by atomic mass is 9.93. The molecule has 0 spiro atoms. The lowest BCUT2D eigenvalue weighted by molar-refractivity contribution is -0.0459. The molecule has 4 aromatic carbocycles. The smallest absolute Gasteiger partial charge is 0.330 e. The quantitative estimate of drug-likeness (QED) is 0.282. The van der Waals surface area contributed by atoms with Gasteiger partial charge in [-0.3, -0.25) is 14.3 Å². The molecule has 1 aromatic heterocycles. The maximum absolute atomic E-state index is 12.4. The zero-order chi connectivity index (χ0) is 23.4. The van der Waals surface area contributed by atoms with Crippen LogP contribution in [0, 0.1) is 11.8 Å². The van der Waals surface area contributed by atoms with Crippen molar-refractivity contribution in [1.29, 1.82) is 0 Å². The van der Waals surface area contributed by atoms with Gasteiger partial charge in [0.2, 0.25) is 0 Å². The number of aliphatic hydroxyl groups is 2. The first-order valence-electron chi connectivity index (χ1n) is 11.0. The van der Waals surface area contributed by atoms with Crippen molar-refractivity contribution in [3.8, 4) is 11.8 Å². The summed E-state index contributed by atoms with van der Waals surface area (Å²) in [5.74, 6) is 5.93. The van der Waals surface area contributed by atoms with Gasteiger partial charge in [0.25, 0.3) is 5.56 Å². The summed E-state index contributed by atoms with van der Waals surface area (Å²) in [7, 11) is 0. The van der Waals surface area contributed by atoms with Gasteiger partial charge in [-0.1, -0.05) is 54.3 Å². The highest BCUT2D eigenvalue weighted by molar-refractivity contribution is 6.23. The molecule has 34 heavy (non-hydrogen) atoms. The van der Waals surface area contributed by atoms with Crippen LogP contribution in [0.3, 0.4) is 0 Å². The first-order valence-corrected chi connectivity index (χ1v) is 11.0. The van der Waals surface area contributed by atoms with E-state index in [0.29, 0.717) is 0 Å². The van der Waals surface area contributed by atoms with Gasteiger partial charge in [0.15, 0.2) is 0 Å². The van der Waals surface area contributed by atoms with Gasteiger partial charge in [-0.15, -0.1) is 0 Å². The third-order valence-electron chi connectivity index (χ3n) is 6.47. The summed E-state index contributed by atoms with van der Waals surface area (Å²) in [5, 5.41) is 26.2. The fraction of sp³-hybridized carbons (Fsp3) is 0.185. The van der Waals surface area contributed by atoms with Gasteiger partial charge in [-0.25, -0.2) is 4.79 Å². The Balaban J connectivity index is 1.42. The normalized spacial score (nSPS) is 20.2. The van der Waals surface area contributed by atoms with Crippen molar-refractivity contribution in [1.82, 2.24) is 9.55 Å². The van der Waals surface area contributed by atoms with Crippen LogP contribution in [0.15, 0.2) is 70.4 Å². The third kappa shape index (κ3) is 3.28. The van der Waals surface area contributed by atoms with Crippen LogP contribution in [0.4, 0.5) is 0 Å². The summed E-state index contributed by atoms with van der Waals surface area (Å²) in [6.45, 7) is -0.363. The Morgan fingerprint density at radius 3 is 2.26 bits per heavy atom. The van der Waals surface area contributed by atoms with Crippen molar-refractivity contribution < 1.29 is 14.9 Å². The van der Waals surface area contributed by atoms with Gasteiger partial charge in [-0.2, -0.15) is 0 Å². The lowest BCUT2D eigenvalue weighted by Crippen LogP contribution is -2.33. The number of rotatable bonds is 2. The predicted molar refractivity (Wildman–Crippen MR) is 129 cm³/mol. The third-order valence-corrected chi connectivity index (χ3v) is 6.47. The van der Waals surface area contributed by atoms with Crippen LogP contribution >= 0.6 is 0 Å². The maximum atomic E-state index is 12.4. The standard InChI is InChI=1S/C27H20N2O5/c30-14-22-21(31)12-23(34-22)29-13-20(26(32)28-27(29)33)5-4-15-10-18-8-6-16-2-1-3-17-7-9-19(11-15)25(18)24(16)17/h1-3,6-11,13,21-23,30-31H,12,14H2,(H,28,32,33)/t21?,22-,23-/m0/s1. The Morgan fingerprint density at radius 2 is 1.62 bits per heavy atom. The van der Waals surface area contributed by atoms with Gasteiger partial charge in [0, 0.05) is 18.2 Å². The highest BCUT2D eigenvalue weighted by atomic mass is 16.5. The molecule has 1 aliphatic rings. The molecule has 2 heterocycles. The molecule has 0 amide bonds. The Kier molecular flexibility index (Phi) is 4.74. The minimum absolute atomic E-state index is 0.107. The number of aromatic amines is 1. The summed E-state index contributed by atoms with van der Waals surface area (Å²) in [5.41, 5.74) is -0.399. The van der Waals surface area contributed by atoms with Crippen LogP contribution in [0.2, 0.25) is 0 Å². The molecule has 168 valence electrons. The second-order valence-electron chi connectivity index (χ2n) is 8.58. The Bertz CT molecular complexity index is 1680. The molecular formula is C27H20N2O5. The first kappa shape index (κ1) is 20.6. The van der Waals surface area contributed by atoms with E-state index in [1.807, 2.05) is 12.1 Å². The monoisotopic (exact) mass is 452 g/mol. The number of H-pyrrole nitrogens is 1. The van der Waals surface area contributed by atoms with Crippen LogP contribution in [0.25, 0.3) is 32.3 Å². The van der Waals surface area contributed by atoms with Crippen LogP contribution < -0.4 is 11.2 Å². The summed E-state index contributed by atoms with van der Waals surface area (Å²) in [4.78, 5) is 27.0. The second-order valence-corrected chi connectivity index (χ2v) is 8.58. The van der Waals surface area contributed by atoms with Crippen molar-refractivity contribution in [2.24, 2.45) is 0 Å². The van der Waals surface area contributed by atoms with E-state index in [-0.39, 0.29) is 18.6 Å². The SMILES string of the molecule is O=c1[nH]c(=O)n([C@@H]2CC(O)[C@H](CO)O2)cc1C#Cc1cc2ccc3cccc4ccc(c1)c2c34. The molecule has 1 saturated heterocycles. The van der Waals surface area contributed by atoms with Gasteiger partial charge in [0.1, 0.15) is 17.9 Å². The van der Waals surface area contributed by atoms with Gasteiger partial charge in [-0.05, 0) is 44.5 Å². The Morgan fingerprint density at radius 1 is 0.971 bits per heavy atom. The van der Waals surface area contributed by atoms with E-state index in [9.17, 15) is 19.8 Å². The fourth-order valence-corrected chi connectivity index (χ4v) is 4.80. The van der Waals surface area contributed by atoms with Crippen LogP contribution in [0.1, 0.15) is 23.8 Å². The van der Waals surface area contributed by atoms with Crippen molar-refractivity contribution >= 4 is 32.3 Å². The molecule has 6 rings (SSSR count). The molecule has 3 N–H and O–H groups in total. The number of ether oxygens (including phenoxy) is 1. The molecule has 7 nitrogen and oxygen atoms in total. The van der Waals surface area contributed by atoms with E-state index in [1.54, 1.807) is 0 Å². The molecule has 7 heteroatoms. The molecule has 1 unspecified atom stereocenters. The Hall–Kier alpha value is -3.96. The van der Waals surface area contributed by atoms with Crippen molar-refractivity contribution in [2.75, 3.05) is 6.61 Å². The minimum atomic E-state index is -0.900. The number of hydrogen-bond donors (Lipinski definition) is 3. The van der Waals surface area contributed by atoms with Gasteiger partial charge in [0.05, 0.1) is 12.7 Å². The summed E-state index contributed by atoms with van der Waals surface area (Å²) in [6.07, 6.45) is -1.01. The summed E-state index contributed by atoms with van der Waals surface area (Å²) in [6, 6.07) is 18.6. The number of nitrogens with one attached hydrogen (secondary N) is 1. The highest BCUT2D eigenvalue weighted by Crippen LogP contribution is 2.35. The van der Waals surface area contributed by atoms with Crippen LogP contribution in [-0.2, 0) is 4.74 Å². The first-order chi connectivity index (χ1) is 16.5. The predicted octanol–water partition coefficient (Wildman–Crippen LogP) is 2.47. The van der Waals surface area contributed by atoms with Gasteiger partial charge >= 0.3 is 5.69 Å². The average molecular weight is 452 g/mol. The van der Waals surface area contributed by atoms with E-state index in [4.69, 9.17) is 4.74 Å². The molecule has 1 aliphatic heterocycles. The molecule has 0 aliphatic carbocycles. The number of hydrogen-bond acceptors (Lipinski definition) is 5. The van der Waals surface area contributed by atoms with E-state index in [1.165, 1.54) is 32.3 Å². The van der Waals surface area contributed by atoms with Gasteiger partial charge < -0.3 is 14.9 Å². The average Bonchev–Trinajstić information content (AvgIpc) is 3.22. The lowest BCUT2D eigenvalue weighted by Gasteiger charge is -2.14. The summed E-state index contributed by atoms with van der Waals surface area (Å²) < 4.78 is 6.75. The zero-order valence-electron chi connectivity index (χ0n) is 18.0. The molecule has 1 fully saturated rings. The van der Waals surface area contributed by atoms with Crippen molar-refractivity contribution in [2.45, 2.75) is 24.9 Å². The zero-order valence-corrected chi connectivity index (χ0v) is 18.0. The molecule has 3 atom stereocenters. The molecule has 0 bridgehead atoms.